The molecule has 0 amide bonds. The Kier molecular flexibility index (Phi) is 3.55. The van der Waals surface area contributed by atoms with Gasteiger partial charge in [-0.2, -0.15) is 0 Å². The molecule has 2 rings (SSSR count). The van der Waals surface area contributed by atoms with Gasteiger partial charge in [0.05, 0.1) is 6.17 Å². The van der Waals surface area contributed by atoms with Gasteiger partial charge in [0.25, 0.3) is 0 Å². The van der Waals surface area contributed by atoms with Crippen molar-refractivity contribution in [1.29, 1.82) is 0 Å². The van der Waals surface area contributed by atoms with Crippen molar-refractivity contribution in [2.75, 3.05) is 6.54 Å². The summed E-state index contributed by atoms with van der Waals surface area (Å²) < 4.78 is 0. The lowest BCUT2D eigenvalue weighted by molar-refractivity contribution is 0.342. The number of hydrogen-bond acceptors (Lipinski definition) is 2. The van der Waals surface area contributed by atoms with E-state index in [2.05, 4.69) is 41.0 Å². The third-order valence-corrected chi connectivity index (χ3v) is 2.71. The molecule has 14 heavy (non-hydrogen) atoms. The molecule has 0 aliphatic carbocycles. The van der Waals surface area contributed by atoms with Crippen molar-refractivity contribution in [2.45, 2.75) is 32.0 Å². The van der Waals surface area contributed by atoms with Gasteiger partial charge in [0.15, 0.2) is 0 Å². The summed E-state index contributed by atoms with van der Waals surface area (Å²) >= 11 is 0. The summed E-state index contributed by atoms with van der Waals surface area (Å²) in [5.41, 5.74) is 1.36. The maximum Gasteiger partial charge on any atom is 0.0574 e. The highest BCUT2D eigenvalue weighted by atomic mass is 15.1. The first-order chi connectivity index (χ1) is 6.95. The van der Waals surface area contributed by atoms with E-state index in [0.29, 0.717) is 6.17 Å². The second-order valence-electron chi connectivity index (χ2n) is 3.87. The third kappa shape index (κ3) is 2.82. The summed E-state index contributed by atoms with van der Waals surface area (Å²) in [5.74, 6) is 0. The molecule has 0 saturated carbocycles. The standard InChI is InChI=1S/C12H18N2/c1-2-6-11(7-3-1)10-14-12-8-4-5-9-13-12/h1-3,6-7,12-14H,4-5,8-10H2. The second kappa shape index (κ2) is 5.13. The Morgan fingerprint density at radius 1 is 1.21 bits per heavy atom. The third-order valence-electron chi connectivity index (χ3n) is 2.71. The number of rotatable bonds is 3. The number of piperidine rings is 1. The minimum Gasteiger partial charge on any atom is -0.302 e. The summed E-state index contributed by atoms with van der Waals surface area (Å²) in [6.07, 6.45) is 4.44. The highest BCUT2D eigenvalue weighted by molar-refractivity contribution is 5.14. The average Bonchev–Trinajstić information content (AvgIpc) is 2.29. The highest BCUT2D eigenvalue weighted by Gasteiger charge is 2.10. The fraction of sp³-hybridized carbons (Fsp3) is 0.500. The maximum absolute atomic E-state index is 3.53. The van der Waals surface area contributed by atoms with Crippen molar-refractivity contribution in [3.05, 3.63) is 35.9 Å². The van der Waals surface area contributed by atoms with Gasteiger partial charge in [0.1, 0.15) is 0 Å². The van der Waals surface area contributed by atoms with E-state index in [1.807, 2.05) is 0 Å². The molecule has 0 spiro atoms. The van der Waals surface area contributed by atoms with Crippen LogP contribution in [0.4, 0.5) is 0 Å². The smallest absolute Gasteiger partial charge is 0.0574 e. The summed E-state index contributed by atoms with van der Waals surface area (Å²) in [5, 5.41) is 7.00. The molecule has 2 N–H and O–H groups in total. The van der Waals surface area contributed by atoms with Crippen molar-refractivity contribution < 1.29 is 0 Å². The molecule has 76 valence electrons. The first kappa shape index (κ1) is 9.69. The topological polar surface area (TPSA) is 24.1 Å². The van der Waals surface area contributed by atoms with E-state index >= 15 is 0 Å². The summed E-state index contributed by atoms with van der Waals surface area (Å²) in [4.78, 5) is 0. The lowest BCUT2D eigenvalue weighted by Crippen LogP contribution is -2.44. The van der Waals surface area contributed by atoms with E-state index in [0.717, 1.165) is 13.1 Å². The van der Waals surface area contributed by atoms with E-state index in [4.69, 9.17) is 0 Å². The van der Waals surface area contributed by atoms with E-state index in [-0.39, 0.29) is 0 Å². The van der Waals surface area contributed by atoms with Gasteiger partial charge in [0, 0.05) is 6.54 Å². The molecule has 1 heterocycles. The predicted molar refractivity (Wildman–Crippen MR) is 58.9 cm³/mol. The summed E-state index contributed by atoms with van der Waals surface area (Å²) in [6.45, 7) is 2.13. The molecule has 1 atom stereocenters. The molecule has 2 nitrogen and oxygen atoms in total. The Balaban J connectivity index is 1.76. The lowest BCUT2D eigenvalue weighted by Gasteiger charge is -2.24. The molecular formula is C12H18N2. The zero-order valence-electron chi connectivity index (χ0n) is 8.50. The van der Waals surface area contributed by atoms with Gasteiger partial charge in [-0.1, -0.05) is 30.3 Å². The molecule has 1 aromatic rings. The SMILES string of the molecule is c1ccc(CNC2CCCCN2)cc1. The fourth-order valence-corrected chi connectivity index (χ4v) is 1.86. The molecule has 1 aliphatic rings. The minimum atomic E-state index is 0.518. The van der Waals surface area contributed by atoms with Crippen molar-refractivity contribution in [1.82, 2.24) is 10.6 Å². The molecule has 1 aromatic carbocycles. The Morgan fingerprint density at radius 3 is 2.79 bits per heavy atom. The van der Waals surface area contributed by atoms with Gasteiger partial charge in [0.2, 0.25) is 0 Å². The van der Waals surface area contributed by atoms with Crippen LogP contribution in [0.15, 0.2) is 30.3 Å². The zero-order valence-corrected chi connectivity index (χ0v) is 8.50. The number of nitrogens with one attached hydrogen (secondary N) is 2. The zero-order chi connectivity index (χ0) is 9.64. The Hall–Kier alpha value is -0.860. The quantitative estimate of drug-likeness (QED) is 0.760. The van der Waals surface area contributed by atoms with Gasteiger partial charge in [-0.05, 0) is 31.4 Å². The van der Waals surface area contributed by atoms with Crippen LogP contribution >= 0.6 is 0 Å². The van der Waals surface area contributed by atoms with Crippen LogP contribution < -0.4 is 10.6 Å². The molecule has 1 aliphatic heterocycles. The molecule has 2 heteroatoms. The predicted octanol–water partition coefficient (Wildman–Crippen LogP) is 1.88. The molecule has 1 saturated heterocycles. The lowest BCUT2D eigenvalue weighted by atomic mass is 10.1. The molecular weight excluding hydrogens is 172 g/mol. The van der Waals surface area contributed by atoms with Crippen molar-refractivity contribution in [3.63, 3.8) is 0 Å². The van der Waals surface area contributed by atoms with Crippen LogP contribution in [0.25, 0.3) is 0 Å². The number of hydrogen-bond donors (Lipinski definition) is 2. The van der Waals surface area contributed by atoms with E-state index in [1.165, 1.54) is 24.8 Å². The Bertz CT molecular complexity index is 252. The average molecular weight is 190 g/mol. The van der Waals surface area contributed by atoms with Gasteiger partial charge >= 0.3 is 0 Å². The molecule has 1 fully saturated rings. The largest absolute Gasteiger partial charge is 0.302 e. The molecule has 0 bridgehead atoms. The van der Waals surface area contributed by atoms with E-state index in [1.54, 1.807) is 0 Å². The Morgan fingerprint density at radius 2 is 2.07 bits per heavy atom. The maximum atomic E-state index is 3.53. The highest BCUT2D eigenvalue weighted by Crippen LogP contribution is 2.05. The van der Waals surface area contributed by atoms with E-state index in [9.17, 15) is 0 Å². The van der Waals surface area contributed by atoms with Crippen molar-refractivity contribution in [2.24, 2.45) is 0 Å². The second-order valence-corrected chi connectivity index (χ2v) is 3.87. The molecule has 0 radical (unpaired) electrons. The normalized spacial score (nSPS) is 22.1. The van der Waals surface area contributed by atoms with Crippen LogP contribution in [0.3, 0.4) is 0 Å². The van der Waals surface area contributed by atoms with Crippen molar-refractivity contribution >= 4 is 0 Å². The van der Waals surface area contributed by atoms with E-state index < -0.39 is 0 Å². The van der Waals surface area contributed by atoms with Crippen LogP contribution in [0, 0.1) is 0 Å². The van der Waals surface area contributed by atoms with Gasteiger partial charge < -0.3 is 5.32 Å². The minimum absolute atomic E-state index is 0.518. The molecule has 0 aromatic heterocycles. The van der Waals surface area contributed by atoms with Crippen LogP contribution in [0.2, 0.25) is 0 Å². The van der Waals surface area contributed by atoms with Crippen LogP contribution in [-0.2, 0) is 6.54 Å². The van der Waals surface area contributed by atoms with Crippen LogP contribution in [-0.4, -0.2) is 12.7 Å². The first-order valence-corrected chi connectivity index (χ1v) is 5.46. The monoisotopic (exact) mass is 190 g/mol. The van der Waals surface area contributed by atoms with Crippen LogP contribution in [0.5, 0.6) is 0 Å². The Labute approximate surface area is 85.7 Å². The van der Waals surface area contributed by atoms with Gasteiger partial charge in [-0.25, -0.2) is 0 Å². The summed E-state index contributed by atoms with van der Waals surface area (Å²) in [7, 11) is 0. The fourth-order valence-electron chi connectivity index (χ4n) is 1.86. The molecule has 1 unspecified atom stereocenters. The summed E-state index contributed by atoms with van der Waals surface area (Å²) in [6, 6.07) is 10.6. The van der Waals surface area contributed by atoms with Crippen molar-refractivity contribution in [3.8, 4) is 0 Å². The van der Waals surface area contributed by atoms with Gasteiger partial charge in [-0.15, -0.1) is 0 Å². The van der Waals surface area contributed by atoms with Crippen LogP contribution in [0.1, 0.15) is 24.8 Å². The number of benzene rings is 1. The first-order valence-electron chi connectivity index (χ1n) is 5.46. The van der Waals surface area contributed by atoms with Gasteiger partial charge in [-0.3, -0.25) is 5.32 Å².